The Morgan fingerprint density at radius 1 is 1.29 bits per heavy atom. The van der Waals surface area contributed by atoms with Crippen LogP contribution in [0.5, 0.6) is 0 Å². The Kier molecular flexibility index (Phi) is 4.64. The first-order valence-electron chi connectivity index (χ1n) is 5.83. The van der Waals surface area contributed by atoms with Crippen LogP contribution < -0.4 is 0 Å². The molecule has 0 radical (unpaired) electrons. The Morgan fingerprint density at radius 3 is 2.67 bits per heavy atom. The molecule has 0 N–H and O–H groups in total. The quantitative estimate of drug-likeness (QED) is 0.475. The Labute approximate surface area is 127 Å². The fourth-order valence-corrected chi connectivity index (χ4v) is 2.02. The van der Waals surface area contributed by atoms with Crippen molar-refractivity contribution in [2.45, 2.75) is 6.61 Å². The van der Waals surface area contributed by atoms with Gasteiger partial charge in [-0.2, -0.15) is 4.39 Å². The number of nitro groups is 1. The van der Waals surface area contributed by atoms with Crippen LogP contribution in [0.1, 0.15) is 15.9 Å². The van der Waals surface area contributed by atoms with Crippen LogP contribution in [0.4, 0.5) is 10.1 Å². The number of ether oxygens (including phenoxy) is 1. The third-order valence-corrected chi connectivity index (χ3v) is 3.47. The molecule has 21 heavy (non-hydrogen) atoms. The molecule has 2 aromatic carbocycles. The minimum absolute atomic E-state index is 0.00539. The first-order chi connectivity index (χ1) is 9.99. The number of halogens is 2. The minimum atomic E-state index is -0.998. The summed E-state index contributed by atoms with van der Waals surface area (Å²) in [7, 11) is 0. The van der Waals surface area contributed by atoms with Gasteiger partial charge in [0.1, 0.15) is 6.61 Å². The molecule has 0 saturated carbocycles. The highest BCUT2D eigenvalue weighted by atomic mass is 79.9. The Balaban J connectivity index is 2.12. The highest BCUT2D eigenvalue weighted by Gasteiger charge is 2.18. The molecule has 0 heterocycles. The summed E-state index contributed by atoms with van der Waals surface area (Å²) in [6, 6.07) is 10.0. The maximum absolute atomic E-state index is 13.2. The molecular weight excluding hydrogens is 345 g/mol. The van der Waals surface area contributed by atoms with Crippen LogP contribution in [-0.2, 0) is 11.3 Å². The number of carbonyl (C=O) groups is 1. The average Bonchev–Trinajstić information content (AvgIpc) is 2.46. The molecule has 0 fully saturated rings. The lowest BCUT2D eigenvalue weighted by atomic mass is 10.2. The van der Waals surface area contributed by atoms with Crippen molar-refractivity contribution in [3.05, 3.63) is 74.0 Å². The van der Waals surface area contributed by atoms with Gasteiger partial charge in [0.15, 0.2) is 0 Å². The molecule has 0 aliphatic heterocycles. The van der Waals surface area contributed by atoms with Crippen molar-refractivity contribution >= 4 is 27.6 Å². The number of hydrogen-bond donors (Lipinski definition) is 0. The SMILES string of the molecule is O=C(OCc1ccccc1Br)c1ccc(F)c([N+](=O)[O-])c1. The third-order valence-electron chi connectivity index (χ3n) is 2.70. The third kappa shape index (κ3) is 3.63. The second-order valence-electron chi connectivity index (χ2n) is 4.09. The molecule has 7 heteroatoms. The molecule has 2 aromatic rings. The zero-order valence-corrected chi connectivity index (χ0v) is 12.2. The van der Waals surface area contributed by atoms with E-state index in [2.05, 4.69) is 15.9 Å². The molecule has 0 spiro atoms. The van der Waals surface area contributed by atoms with Crippen LogP contribution >= 0.6 is 15.9 Å². The van der Waals surface area contributed by atoms with Crippen LogP contribution in [0, 0.1) is 15.9 Å². The lowest BCUT2D eigenvalue weighted by molar-refractivity contribution is -0.387. The molecule has 0 amide bonds. The molecule has 0 aliphatic rings. The molecule has 0 unspecified atom stereocenters. The molecule has 0 aliphatic carbocycles. The van der Waals surface area contributed by atoms with E-state index in [1.807, 2.05) is 6.07 Å². The van der Waals surface area contributed by atoms with Gasteiger partial charge in [-0.3, -0.25) is 10.1 Å². The molecule has 0 aromatic heterocycles. The second-order valence-corrected chi connectivity index (χ2v) is 4.95. The van der Waals surface area contributed by atoms with Crippen molar-refractivity contribution in [3.8, 4) is 0 Å². The topological polar surface area (TPSA) is 69.4 Å². The zero-order chi connectivity index (χ0) is 15.4. The first kappa shape index (κ1) is 15.1. The summed E-state index contributed by atoms with van der Waals surface area (Å²) in [6.07, 6.45) is 0. The summed E-state index contributed by atoms with van der Waals surface area (Å²) in [6.45, 7) is 0.00539. The molecule has 5 nitrogen and oxygen atoms in total. The largest absolute Gasteiger partial charge is 0.457 e. The highest BCUT2D eigenvalue weighted by Crippen LogP contribution is 2.20. The maximum atomic E-state index is 13.2. The summed E-state index contributed by atoms with van der Waals surface area (Å²) in [4.78, 5) is 21.6. The molecule has 2 rings (SSSR count). The Morgan fingerprint density at radius 2 is 2.00 bits per heavy atom. The second kappa shape index (κ2) is 6.45. The zero-order valence-electron chi connectivity index (χ0n) is 10.6. The van der Waals surface area contributed by atoms with Gasteiger partial charge >= 0.3 is 11.7 Å². The van der Waals surface area contributed by atoms with Gasteiger partial charge < -0.3 is 4.74 Å². The van der Waals surface area contributed by atoms with Crippen LogP contribution in [0.15, 0.2) is 46.9 Å². The lowest BCUT2D eigenvalue weighted by Gasteiger charge is -2.06. The predicted octanol–water partition coefficient (Wildman–Crippen LogP) is 3.85. The van der Waals surface area contributed by atoms with E-state index in [1.165, 1.54) is 0 Å². The summed E-state index contributed by atoms with van der Waals surface area (Å²) in [5, 5.41) is 10.6. The average molecular weight is 354 g/mol. The van der Waals surface area contributed by atoms with Gasteiger partial charge in [0, 0.05) is 16.1 Å². The summed E-state index contributed by atoms with van der Waals surface area (Å²) < 4.78 is 19.0. The Bertz CT molecular complexity index is 705. The lowest BCUT2D eigenvalue weighted by Crippen LogP contribution is -2.06. The highest BCUT2D eigenvalue weighted by molar-refractivity contribution is 9.10. The van der Waals surface area contributed by atoms with E-state index in [4.69, 9.17) is 4.74 Å². The van der Waals surface area contributed by atoms with Crippen LogP contribution in [0.2, 0.25) is 0 Å². The molecule has 0 bridgehead atoms. The van der Waals surface area contributed by atoms with E-state index < -0.39 is 22.4 Å². The predicted molar refractivity (Wildman–Crippen MR) is 76.3 cm³/mol. The number of nitro benzene ring substituents is 1. The van der Waals surface area contributed by atoms with Gasteiger partial charge in [0.2, 0.25) is 5.82 Å². The van der Waals surface area contributed by atoms with Crippen molar-refractivity contribution in [2.75, 3.05) is 0 Å². The van der Waals surface area contributed by atoms with E-state index in [0.717, 1.165) is 28.2 Å². The molecular formula is C14H9BrFNO4. The summed E-state index contributed by atoms with van der Waals surface area (Å²) in [5.74, 6) is -1.75. The van der Waals surface area contributed by atoms with Crippen LogP contribution in [-0.4, -0.2) is 10.9 Å². The number of rotatable bonds is 4. The van der Waals surface area contributed by atoms with E-state index in [-0.39, 0.29) is 12.2 Å². The molecule has 108 valence electrons. The van der Waals surface area contributed by atoms with Gasteiger partial charge in [0.25, 0.3) is 0 Å². The number of esters is 1. The minimum Gasteiger partial charge on any atom is -0.457 e. The molecule has 0 atom stereocenters. The van der Waals surface area contributed by atoms with E-state index in [9.17, 15) is 19.3 Å². The normalized spacial score (nSPS) is 10.2. The van der Waals surface area contributed by atoms with Crippen molar-refractivity contribution in [1.29, 1.82) is 0 Å². The number of carbonyl (C=O) groups excluding carboxylic acids is 1. The fraction of sp³-hybridized carbons (Fsp3) is 0.0714. The van der Waals surface area contributed by atoms with Gasteiger partial charge in [-0.15, -0.1) is 0 Å². The van der Waals surface area contributed by atoms with Crippen LogP contribution in [0.25, 0.3) is 0 Å². The van der Waals surface area contributed by atoms with Gasteiger partial charge in [-0.05, 0) is 18.2 Å². The van der Waals surface area contributed by atoms with Gasteiger partial charge in [0.05, 0.1) is 10.5 Å². The summed E-state index contributed by atoms with van der Waals surface area (Å²) in [5.41, 5.74) is -0.0806. The standard InChI is InChI=1S/C14H9BrFNO4/c15-11-4-2-1-3-10(11)8-21-14(18)9-5-6-12(16)13(7-9)17(19)20/h1-7H,8H2. The van der Waals surface area contributed by atoms with Crippen molar-refractivity contribution < 1.29 is 18.8 Å². The van der Waals surface area contributed by atoms with Crippen molar-refractivity contribution in [1.82, 2.24) is 0 Å². The van der Waals surface area contributed by atoms with E-state index in [1.54, 1.807) is 18.2 Å². The number of benzene rings is 2. The van der Waals surface area contributed by atoms with Crippen molar-refractivity contribution in [2.24, 2.45) is 0 Å². The monoisotopic (exact) mass is 353 g/mol. The van der Waals surface area contributed by atoms with Crippen LogP contribution in [0.3, 0.4) is 0 Å². The Hall–Kier alpha value is -2.28. The number of hydrogen-bond acceptors (Lipinski definition) is 4. The number of nitrogens with zero attached hydrogens (tertiary/aromatic N) is 1. The maximum Gasteiger partial charge on any atom is 0.338 e. The first-order valence-corrected chi connectivity index (χ1v) is 6.63. The van der Waals surface area contributed by atoms with Gasteiger partial charge in [-0.25, -0.2) is 4.79 Å². The fourth-order valence-electron chi connectivity index (χ4n) is 1.62. The molecule has 0 saturated heterocycles. The summed E-state index contributed by atoms with van der Waals surface area (Å²) >= 11 is 3.31. The van der Waals surface area contributed by atoms with Gasteiger partial charge in [-0.1, -0.05) is 34.1 Å². The smallest absolute Gasteiger partial charge is 0.338 e. The van der Waals surface area contributed by atoms with Crippen molar-refractivity contribution in [3.63, 3.8) is 0 Å². The van der Waals surface area contributed by atoms with E-state index >= 15 is 0 Å². The van der Waals surface area contributed by atoms with E-state index in [0.29, 0.717) is 0 Å².